The van der Waals surface area contributed by atoms with Gasteiger partial charge in [-0.25, -0.2) is 0 Å². The molecule has 0 aliphatic heterocycles. The molecule has 0 aromatic heterocycles. The monoisotopic (exact) mass is 240 g/mol. The summed E-state index contributed by atoms with van der Waals surface area (Å²) in [6.45, 7) is 6.80. The van der Waals surface area contributed by atoms with Gasteiger partial charge in [0.25, 0.3) is 0 Å². The Labute approximate surface area is 104 Å². The highest BCUT2D eigenvalue weighted by Crippen LogP contribution is 2.36. The Morgan fingerprint density at radius 2 is 2.19 bits per heavy atom. The zero-order chi connectivity index (χ0) is 12.2. The van der Waals surface area contributed by atoms with Crippen molar-refractivity contribution in [2.75, 3.05) is 5.75 Å². The first-order valence-corrected chi connectivity index (χ1v) is 7.36. The Morgan fingerprint density at radius 3 is 2.75 bits per heavy atom. The molecule has 0 saturated heterocycles. The molecule has 92 valence electrons. The smallest absolute Gasteiger partial charge is 0.107 e. The molecule has 16 heavy (non-hydrogen) atoms. The second kappa shape index (κ2) is 5.93. The molecular weight excluding hydrogens is 216 g/mol. The molecule has 2 nitrogen and oxygen atoms in total. The lowest BCUT2D eigenvalue weighted by Crippen LogP contribution is -2.42. The molecule has 3 atom stereocenters. The molecule has 1 saturated carbocycles. The van der Waals surface area contributed by atoms with Crippen molar-refractivity contribution in [2.45, 2.75) is 57.2 Å². The second-order valence-electron chi connectivity index (χ2n) is 5.35. The highest BCUT2D eigenvalue weighted by molar-refractivity contribution is 7.99. The van der Waals surface area contributed by atoms with E-state index in [0.29, 0.717) is 11.2 Å². The van der Waals surface area contributed by atoms with Crippen LogP contribution >= 0.6 is 11.8 Å². The van der Waals surface area contributed by atoms with Crippen LogP contribution in [0.25, 0.3) is 0 Å². The number of nitrogens with two attached hydrogens (primary N) is 1. The van der Waals surface area contributed by atoms with Gasteiger partial charge in [-0.15, -0.1) is 0 Å². The maximum atomic E-state index is 9.11. The quantitative estimate of drug-likeness (QED) is 0.803. The molecule has 3 unspecified atom stereocenters. The fraction of sp³-hybridized carbons (Fsp3) is 0.923. The van der Waals surface area contributed by atoms with Gasteiger partial charge in [0.2, 0.25) is 0 Å². The number of thioether (sulfide) groups is 1. The van der Waals surface area contributed by atoms with Gasteiger partial charge in [0.05, 0.1) is 6.07 Å². The summed E-state index contributed by atoms with van der Waals surface area (Å²) in [4.78, 5) is 0. The van der Waals surface area contributed by atoms with E-state index in [1.165, 1.54) is 0 Å². The topological polar surface area (TPSA) is 49.8 Å². The van der Waals surface area contributed by atoms with E-state index in [0.717, 1.165) is 37.4 Å². The molecule has 0 spiro atoms. The summed E-state index contributed by atoms with van der Waals surface area (Å²) in [7, 11) is 0. The van der Waals surface area contributed by atoms with Crippen molar-refractivity contribution in [3.05, 3.63) is 0 Å². The lowest BCUT2D eigenvalue weighted by Gasteiger charge is -2.24. The fourth-order valence-corrected chi connectivity index (χ4v) is 3.42. The molecule has 1 fully saturated rings. The molecule has 0 aromatic carbocycles. The van der Waals surface area contributed by atoms with Gasteiger partial charge in [0.1, 0.15) is 5.54 Å². The average Bonchev–Trinajstić information content (AvgIpc) is 2.61. The molecule has 0 heterocycles. The van der Waals surface area contributed by atoms with Crippen molar-refractivity contribution in [1.29, 1.82) is 5.26 Å². The Balaban J connectivity index is 2.31. The minimum absolute atomic E-state index is 0.421. The molecular formula is C13H24N2S. The predicted octanol–water partition coefficient (Wildman–Crippen LogP) is 3.18. The minimum Gasteiger partial charge on any atom is -0.313 e. The summed E-state index contributed by atoms with van der Waals surface area (Å²) in [5, 5.41) is 9.81. The van der Waals surface area contributed by atoms with E-state index in [2.05, 4.69) is 26.8 Å². The van der Waals surface area contributed by atoms with Crippen LogP contribution in [0.3, 0.4) is 0 Å². The zero-order valence-electron chi connectivity index (χ0n) is 10.7. The molecule has 0 radical (unpaired) electrons. The van der Waals surface area contributed by atoms with Crippen LogP contribution in [0.15, 0.2) is 0 Å². The summed E-state index contributed by atoms with van der Waals surface area (Å²) in [6, 6.07) is 2.32. The van der Waals surface area contributed by atoms with Crippen LogP contribution in [0.4, 0.5) is 0 Å². The highest BCUT2D eigenvalue weighted by atomic mass is 32.2. The van der Waals surface area contributed by atoms with Crippen LogP contribution in [-0.2, 0) is 0 Å². The molecule has 2 N–H and O–H groups in total. The van der Waals surface area contributed by atoms with Crippen LogP contribution < -0.4 is 5.73 Å². The van der Waals surface area contributed by atoms with Gasteiger partial charge >= 0.3 is 0 Å². The second-order valence-corrected chi connectivity index (χ2v) is 6.84. The summed E-state index contributed by atoms with van der Waals surface area (Å²) in [6.07, 6.45) is 4.25. The molecule has 1 aliphatic rings. The summed E-state index contributed by atoms with van der Waals surface area (Å²) in [5.74, 6) is 2.29. The maximum Gasteiger partial charge on any atom is 0.107 e. The maximum absolute atomic E-state index is 9.11. The first-order valence-electron chi connectivity index (χ1n) is 6.31. The molecule has 1 rings (SSSR count). The SMILES string of the molecule is CC(C)C(C)SCCC1CCCC1(N)C#N. The standard InChI is InChI=1S/C13H24N2S/c1-10(2)11(3)16-8-6-12-5-4-7-13(12,15)9-14/h10-12H,4-8,15H2,1-3H3. The van der Waals surface area contributed by atoms with Gasteiger partial charge in [-0.1, -0.05) is 27.2 Å². The first kappa shape index (κ1) is 13.9. The molecule has 1 aliphatic carbocycles. The molecule has 3 heteroatoms. The number of nitriles is 1. The van der Waals surface area contributed by atoms with Crippen molar-refractivity contribution in [3.8, 4) is 6.07 Å². The van der Waals surface area contributed by atoms with Gasteiger partial charge in [-0.3, -0.25) is 0 Å². The van der Waals surface area contributed by atoms with E-state index in [1.54, 1.807) is 0 Å². The third-order valence-electron chi connectivity index (χ3n) is 3.87. The van der Waals surface area contributed by atoms with Crippen molar-refractivity contribution in [1.82, 2.24) is 0 Å². The van der Waals surface area contributed by atoms with Crippen LogP contribution in [0, 0.1) is 23.2 Å². The Morgan fingerprint density at radius 1 is 1.50 bits per heavy atom. The third-order valence-corrected chi connectivity index (χ3v) is 5.41. The summed E-state index contributed by atoms with van der Waals surface area (Å²) in [5.41, 5.74) is 5.58. The minimum atomic E-state index is -0.526. The zero-order valence-corrected chi connectivity index (χ0v) is 11.5. The van der Waals surface area contributed by atoms with Gasteiger partial charge in [-0.05, 0) is 36.9 Å². The molecule has 0 aromatic rings. The Bertz CT molecular complexity index is 259. The van der Waals surface area contributed by atoms with Gasteiger partial charge in [0.15, 0.2) is 0 Å². The van der Waals surface area contributed by atoms with Crippen LogP contribution in [-0.4, -0.2) is 16.5 Å². The molecule has 0 amide bonds. The van der Waals surface area contributed by atoms with Crippen LogP contribution in [0.2, 0.25) is 0 Å². The van der Waals surface area contributed by atoms with Gasteiger partial charge in [0, 0.05) is 5.25 Å². The van der Waals surface area contributed by atoms with Crippen molar-refractivity contribution >= 4 is 11.8 Å². The van der Waals surface area contributed by atoms with Crippen molar-refractivity contribution < 1.29 is 0 Å². The predicted molar refractivity (Wildman–Crippen MR) is 71.2 cm³/mol. The van der Waals surface area contributed by atoms with E-state index in [4.69, 9.17) is 11.0 Å². The van der Waals surface area contributed by atoms with E-state index >= 15 is 0 Å². The third kappa shape index (κ3) is 3.40. The lowest BCUT2D eigenvalue weighted by atomic mass is 9.88. The first-order chi connectivity index (χ1) is 7.49. The summed E-state index contributed by atoms with van der Waals surface area (Å²) < 4.78 is 0. The highest BCUT2D eigenvalue weighted by Gasteiger charge is 2.39. The van der Waals surface area contributed by atoms with E-state index in [1.807, 2.05) is 11.8 Å². The Hall–Kier alpha value is -0.200. The van der Waals surface area contributed by atoms with Crippen LogP contribution in [0.1, 0.15) is 46.5 Å². The summed E-state index contributed by atoms with van der Waals surface area (Å²) >= 11 is 2.02. The Kier molecular flexibility index (Phi) is 5.14. The van der Waals surface area contributed by atoms with E-state index in [-0.39, 0.29) is 0 Å². The van der Waals surface area contributed by atoms with Crippen molar-refractivity contribution in [2.24, 2.45) is 17.6 Å². The van der Waals surface area contributed by atoms with E-state index in [9.17, 15) is 0 Å². The number of nitrogens with zero attached hydrogens (tertiary/aromatic N) is 1. The van der Waals surface area contributed by atoms with Crippen LogP contribution in [0.5, 0.6) is 0 Å². The van der Waals surface area contributed by atoms with Crippen molar-refractivity contribution in [3.63, 3.8) is 0 Å². The largest absolute Gasteiger partial charge is 0.313 e. The average molecular weight is 240 g/mol. The van der Waals surface area contributed by atoms with Gasteiger partial charge in [-0.2, -0.15) is 17.0 Å². The normalized spacial score (nSPS) is 31.6. The number of hydrogen-bond donors (Lipinski definition) is 1. The van der Waals surface area contributed by atoms with Gasteiger partial charge < -0.3 is 5.73 Å². The van der Waals surface area contributed by atoms with E-state index < -0.39 is 5.54 Å². The molecule has 0 bridgehead atoms. The fourth-order valence-electron chi connectivity index (χ4n) is 2.24. The number of rotatable bonds is 5. The lowest BCUT2D eigenvalue weighted by molar-refractivity contribution is 0.389. The number of hydrogen-bond acceptors (Lipinski definition) is 3.